The molecule has 4 rings (SSSR count). The summed E-state index contributed by atoms with van der Waals surface area (Å²) >= 11 is 0. The standard InChI is InChI=1S/C22H35N3O4/c1-17-18(15-24-9-12-27-13-10-24)14-21(29-17)22(26)25(16-20-4-3-11-28-20)19-5-7-23(2)8-6-19/h14,19-20H,3-13,15-16H2,1-2H3. The van der Waals surface area contributed by atoms with Gasteiger partial charge in [0.15, 0.2) is 5.76 Å². The van der Waals surface area contributed by atoms with Crippen LogP contribution in [0.4, 0.5) is 0 Å². The van der Waals surface area contributed by atoms with Crippen molar-refractivity contribution in [2.75, 3.05) is 59.6 Å². The van der Waals surface area contributed by atoms with Crippen molar-refractivity contribution in [1.82, 2.24) is 14.7 Å². The Labute approximate surface area is 173 Å². The maximum Gasteiger partial charge on any atom is 0.289 e. The molecule has 0 bridgehead atoms. The molecular formula is C22H35N3O4. The van der Waals surface area contributed by atoms with Crippen molar-refractivity contribution in [2.45, 2.75) is 51.3 Å². The van der Waals surface area contributed by atoms with E-state index in [1.54, 1.807) is 0 Å². The summed E-state index contributed by atoms with van der Waals surface area (Å²) in [4.78, 5) is 20.2. The van der Waals surface area contributed by atoms with Crippen LogP contribution >= 0.6 is 0 Å². The van der Waals surface area contributed by atoms with Crippen molar-refractivity contribution in [2.24, 2.45) is 0 Å². The number of piperidine rings is 1. The first-order valence-electron chi connectivity index (χ1n) is 11.1. The van der Waals surface area contributed by atoms with E-state index in [1.807, 2.05) is 17.9 Å². The second kappa shape index (κ2) is 9.60. The summed E-state index contributed by atoms with van der Waals surface area (Å²) in [6, 6.07) is 2.22. The van der Waals surface area contributed by atoms with E-state index in [-0.39, 0.29) is 18.1 Å². The van der Waals surface area contributed by atoms with Gasteiger partial charge in [0.25, 0.3) is 5.91 Å². The van der Waals surface area contributed by atoms with Gasteiger partial charge in [-0.05, 0) is 58.8 Å². The van der Waals surface area contributed by atoms with Gasteiger partial charge in [0.2, 0.25) is 0 Å². The Morgan fingerprint density at radius 1 is 1.14 bits per heavy atom. The van der Waals surface area contributed by atoms with E-state index < -0.39 is 0 Å². The van der Waals surface area contributed by atoms with Gasteiger partial charge >= 0.3 is 0 Å². The van der Waals surface area contributed by atoms with Crippen LogP contribution in [-0.2, 0) is 16.0 Å². The minimum atomic E-state index is 0.0198. The molecule has 29 heavy (non-hydrogen) atoms. The first kappa shape index (κ1) is 20.8. The Balaban J connectivity index is 1.47. The molecule has 3 saturated heterocycles. The van der Waals surface area contributed by atoms with Gasteiger partial charge in [0, 0.05) is 44.4 Å². The molecule has 0 aliphatic carbocycles. The number of amides is 1. The van der Waals surface area contributed by atoms with E-state index in [1.165, 1.54) is 0 Å². The minimum Gasteiger partial charge on any atom is -0.456 e. The fraction of sp³-hybridized carbons (Fsp3) is 0.773. The summed E-state index contributed by atoms with van der Waals surface area (Å²) in [5.41, 5.74) is 1.11. The fourth-order valence-electron chi connectivity index (χ4n) is 4.64. The van der Waals surface area contributed by atoms with Gasteiger partial charge in [0.05, 0.1) is 19.3 Å². The number of carbonyl (C=O) groups is 1. The monoisotopic (exact) mass is 405 g/mol. The van der Waals surface area contributed by atoms with Crippen LogP contribution in [0.15, 0.2) is 10.5 Å². The Morgan fingerprint density at radius 2 is 1.90 bits per heavy atom. The van der Waals surface area contributed by atoms with Crippen molar-refractivity contribution in [1.29, 1.82) is 0 Å². The molecule has 7 heteroatoms. The molecule has 3 aliphatic rings. The molecule has 1 aromatic heterocycles. The number of morpholine rings is 1. The van der Waals surface area contributed by atoms with Crippen LogP contribution in [0.25, 0.3) is 0 Å². The zero-order valence-electron chi connectivity index (χ0n) is 17.9. The predicted octanol–water partition coefficient (Wildman–Crippen LogP) is 2.14. The first-order chi connectivity index (χ1) is 14.1. The van der Waals surface area contributed by atoms with Crippen LogP contribution in [-0.4, -0.2) is 92.3 Å². The summed E-state index contributed by atoms with van der Waals surface area (Å²) < 4.78 is 17.3. The van der Waals surface area contributed by atoms with E-state index in [9.17, 15) is 4.79 Å². The molecule has 0 saturated carbocycles. The quantitative estimate of drug-likeness (QED) is 0.723. The highest BCUT2D eigenvalue weighted by Gasteiger charge is 2.32. The van der Waals surface area contributed by atoms with E-state index in [2.05, 4.69) is 16.8 Å². The number of nitrogens with zero attached hydrogens (tertiary/aromatic N) is 3. The molecule has 1 amide bonds. The Kier molecular flexibility index (Phi) is 6.90. The fourth-order valence-corrected chi connectivity index (χ4v) is 4.64. The van der Waals surface area contributed by atoms with Gasteiger partial charge in [-0.25, -0.2) is 0 Å². The SMILES string of the molecule is Cc1oc(C(=O)N(CC2CCCO2)C2CCN(C)CC2)cc1CN1CCOCC1. The lowest BCUT2D eigenvalue weighted by molar-refractivity contribution is 0.0298. The van der Waals surface area contributed by atoms with Crippen LogP contribution in [0.2, 0.25) is 0 Å². The maximum absolute atomic E-state index is 13.5. The number of likely N-dealkylation sites (tertiary alicyclic amines) is 1. The lowest BCUT2D eigenvalue weighted by Crippen LogP contribution is -2.49. The second-order valence-electron chi connectivity index (χ2n) is 8.71. The zero-order chi connectivity index (χ0) is 20.2. The molecule has 1 unspecified atom stereocenters. The van der Waals surface area contributed by atoms with Crippen molar-refractivity contribution in [3.63, 3.8) is 0 Å². The maximum atomic E-state index is 13.5. The minimum absolute atomic E-state index is 0.0198. The van der Waals surface area contributed by atoms with Crippen LogP contribution in [0.5, 0.6) is 0 Å². The van der Waals surface area contributed by atoms with Gasteiger partial charge in [0.1, 0.15) is 5.76 Å². The van der Waals surface area contributed by atoms with E-state index in [4.69, 9.17) is 13.9 Å². The molecular weight excluding hydrogens is 370 g/mol. The van der Waals surface area contributed by atoms with Crippen LogP contribution in [0.1, 0.15) is 47.6 Å². The molecule has 162 valence electrons. The van der Waals surface area contributed by atoms with Gasteiger partial charge in [-0.2, -0.15) is 0 Å². The van der Waals surface area contributed by atoms with E-state index in [0.29, 0.717) is 12.3 Å². The van der Waals surface area contributed by atoms with Crippen molar-refractivity contribution < 1.29 is 18.7 Å². The van der Waals surface area contributed by atoms with E-state index in [0.717, 1.165) is 89.6 Å². The molecule has 3 fully saturated rings. The number of carbonyl (C=O) groups excluding carboxylic acids is 1. The van der Waals surface area contributed by atoms with Gasteiger partial charge in [-0.1, -0.05) is 0 Å². The summed E-state index contributed by atoms with van der Waals surface area (Å²) in [6.45, 7) is 9.71. The number of rotatable bonds is 6. The summed E-state index contributed by atoms with van der Waals surface area (Å²) in [5.74, 6) is 1.34. The molecule has 0 N–H and O–H groups in total. The Bertz CT molecular complexity index is 672. The number of hydrogen-bond donors (Lipinski definition) is 0. The van der Waals surface area contributed by atoms with E-state index >= 15 is 0 Å². The first-order valence-corrected chi connectivity index (χ1v) is 11.1. The molecule has 1 atom stereocenters. The van der Waals surface area contributed by atoms with Gasteiger partial charge in [-0.3, -0.25) is 9.69 Å². The van der Waals surface area contributed by atoms with Gasteiger partial charge in [-0.15, -0.1) is 0 Å². The highest BCUT2D eigenvalue weighted by atomic mass is 16.5. The summed E-state index contributed by atoms with van der Waals surface area (Å²) in [7, 11) is 2.15. The average molecular weight is 406 g/mol. The zero-order valence-corrected chi connectivity index (χ0v) is 17.9. The smallest absolute Gasteiger partial charge is 0.289 e. The average Bonchev–Trinajstić information content (AvgIpc) is 3.37. The lowest BCUT2D eigenvalue weighted by Gasteiger charge is -2.38. The number of furan rings is 1. The Morgan fingerprint density at radius 3 is 2.59 bits per heavy atom. The topological polar surface area (TPSA) is 58.4 Å². The third kappa shape index (κ3) is 5.20. The van der Waals surface area contributed by atoms with Crippen molar-refractivity contribution >= 4 is 5.91 Å². The van der Waals surface area contributed by atoms with Crippen molar-refractivity contribution in [3.8, 4) is 0 Å². The number of ether oxygens (including phenoxy) is 2. The normalized spacial score (nSPS) is 24.8. The predicted molar refractivity (Wildman–Crippen MR) is 110 cm³/mol. The third-order valence-electron chi connectivity index (χ3n) is 6.54. The second-order valence-corrected chi connectivity index (χ2v) is 8.71. The van der Waals surface area contributed by atoms with Crippen LogP contribution in [0, 0.1) is 6.92 Å². The molecule has 7 nitrogen and oxygen atoms in total. The van der Waals surface area contributed by atoms with Crippen LogP contribution < -0.4 is 0 Å². The van der Waals surface area contributed by atoms with Crippen molar-refractivity contribution in [3.05, 3.63) is 23.2 Å². The highest BCUT2D eigenvalue weighted by molar-refractivity contribution is 5.92. The lowest BCUT2D eigenvalue weighted by atomic mass is 10.0. The molecule has 0 radical (unpaired) electrons. The molecule has 1 aromatic rings. The largest absolute Gasteiger partial charge is 0.456 e. The van der Waals surface area contributed by atoms with Gasteiger partial charge < -0.3 is 23.7 Å². The molecule has 4 heterocycles. The summed E-state index contributed by atoms with van der Waals surface area (Å²) in [5, 5.41) is 0. The van der Waals surface area contributed by atoms with Crippen LogP contribution in [0.3, 0.4) is 0 Å². The molecule has 0 aromatic carbocycles. The highest BCUT2D eigenvalue weighted by Crippen LogP contribution is 2.25. The number of aryl methyl sites for hydroxylation is 1. The molecule has 3 aliphatic heterocycles. The molecule has 0 spiro atoms. The Hall–Kier alpha value is -1.41. The summed E-state index contributed by atoms with van der Waals surface area (Å²) in [6.07, 6.45) is 4.30. The number of hydrogen-bond acceptors (Lipinski definition) is 6. The third-order valence-corrected chi connectivity index (χ3v) is 6.54.